The van der Waals surface area contributed by atoms with Crippen LogP contribution in [0.1, 0.15) is 38.9 Å². The van der Waals surface area contributed by atoms with Gasteiger partial charge in [-0.1, -0.05) is 20.3 Å². The monoisotopic (exact) mass is 259 g/mol. The highest BCUT2D eigenvalue weighted by molar-refractivity contribution is 5.36. The lowest BCUT2D eigenvalue weighted by Crippen LogP contribution is -1.98. The predicted octanol–water partition coefficient (Wildman–Crippen LogP) is 3.40. The average Bonchev–Trinajstić information content (AvgIpc) is 2.92. The smallest absolute Gasteiger partial charge is 0.151 e. The second-order valence-electron chi connectivity index (χ2n) is 4.55. The zero-order valence-electron chi connectivity index (χ0n) is 11.7. The molecule has 2 rings (SSSR count). The van der Waals surface area contributed by atoms with Gasteiger partial charge in [-0.25, -0.2) is 9.67 Å². The number of aromatic nitrogens is 3. The number of benzene rings is 1. The summed E-state index contributed by atoms with van der Waals surface area (Å²) in [6, 6.07) is 7.95. The van der Waals surface area contributed by atoms with E-state index < -0.39 is 0 Å². The van der Waals surface area contributed by atoms with Gasteiger partial charge in [-0.3, -0.25) is 0 Å². The van der Waals surface area contributed by atoms with E-state index >= 15 is 0 Å². The van der Waals surface area contributed by atoms with Crippen molar-refractivity contribution in [3.05, 3.63) is 36.4 Å². The molecule has 4 heteroatoms. The summed E-state index contributed by atoms with van der Waals surface area (Å²) in [6.07, 6.45) is 6.03. The summed E-state index contributed by atoms with van der Waals surface area (Å²) in [5.41, 5.74) is 1.01. The molecule has 0 aliphatic carbocycles. The summed E-state index contributed by atoms with van der Waals surface area (Å²) in [6.45, 7) is 5.03. The molecule has 19 heavy (non-hydrogen) atoms. The van der Waals surface area contributed by atoms with Crippen molar-refractivity contribution in [2.24, 2.45) is 0 Å². The van der Waals surface area contributed by atoms with Crippen LogP contribution in [0, 0.1) is 0 Å². The van der Waals surface area contributed by atoms with E-state index in [2.05, 4.69) is 23.9 Å². The van der Waals surface area contributed by atoms with Crippen LogP contribution in [0.15, 0.2) is 30.6 Å². The molecule has 0 aliphatic heterocycles. The Morgan fingerprint density at radius 3 is 2.58 bits per heavy atom. The average molecular weight is 259 g/mol. The third-order valence-electron chi connectivity index (χ3n) is 2.87. The van der Waals surface area contributed by atoms with E-state index in [0.29, 0.717) is 0 Å². The van der Waals surface area contributed by atoms with Crippen LogP contribution in [0.25, 0.3) is 5.69 Å². The Bertz CT molecular complexity index is 490. The lowest BCUT2D eigenvalue weighted by atomic mass is 10.2. The van der Waals surface area contributed by atoms with E-state index in [4.69, 9.17) is 4.74 Å². The summed E-state index contributed by atoms with van der Waals surface area (Å²) in [7, 11) is 0. The minimum Gasteiger partial charge on any atom is -0.494 e. The highest BCUT2D eigenvalue weighted by atomic mass is 16.5. The number of aryl methyl sites for hydroxylation is 1. The van der Waals surface area contributed by atoms with Gasteiger partial charge in [0.25, 0.3) is 0 Å². The standard InChI is InChI=1S/C15H21N3O/c1-3-5-6-15-16-12-18(17-15)13-7-9-14(10-8-13)19-11-4-2/h7-10,12H,3-6,11H2,1-2H3. The Balaban J connectivity index is 2.02. The molecule has 4 nitrogen and oxygen atoms in total. The molecule has 2 aromatic rings. The van der Waals surface area contributed by atoms with Crippen molar-refractivity contribution in [1.29, 1.82) is 0 Å². The largest absolute Gasteiger partial charge is 0.494 e. The van der Waals surface area contributed by atoms with Crippen LogP contribution in [0.4, 0.5) is 0 Å². The highest BCUT2D eigenvalue weighted by Gasteiger charge is 2.02. The van der Waals surface area contributed by atoms with E-state index in [0.717, 1.165) is 49.6 Å². The van der Waals surface area contributed by atoms with Crippen molar-refractivity contribution in [3.8, 4) is 11.4 Å². The molecule has 1 aromatic heterocycles. The highest BCUT2D eigenvalue weighted by Crippen LogP contribution is 2.15. The molecule has 1 aromatic carbocycles. The molecule has 0 aliphatic rings. The molecule has 102 valence electrons. The van der Waals surface area contributed by atoms with Gasteiger partial charge in [0.2, 0.25) is 0 Å². The summed E-state index contributed by atoms with van der Waals surface area (Å²) in [4.78, 5) is 4.32. The number of nitrogens with zero attached hydrogens (tertiary/aromatic N) is 3. The van der Waals surface area contributed by atoms with Crippen LogP contribution in [-0.2, 0) is 6.42 Å². The zero-order chi connectivity index (χ0) is 13.5. The second-order valence-corrected chi connectivity index (χ2v) is 4.55. The molecule has 0 unspecified atom stereocenters. The maximum atomic E-state index is 5.56. The molecule has 0 saturated heterocycles. The van der Waals surface area contributed by atoms with Gasteiger partial charge in [-0.2, -0.15) is 5.10 Å². The topological polar surface area (TPSA) is 39.9 Å². The SMILES string of the molecule is CCCCc1ncn(-c2ccc(OCCC)cc2)n1. The second kappa shape index (κ2) is 6.92. The van der Waals surface area contributed by atoms with Crippen molar-refractivity contribution in [3.63, 3.8) is 0 Å². The molecule has 0 atom stereocenters. The number of ether oxygens (including phenoxy) is 1. The maximum Gasteiger partial charge on any atom is 0.151 e. The van der Waals surface area contributed by atoms with Crippen molar-refractivity contribution >= 4 is 0 Å². The molecule has 0 N–H and O–H groups in total. The number of hydrogen-bond acceptors (Lipinski definition) is 3. The van der Waals surface area contributed by atoms with Gasteiger partial charge >= 0.3 is 0 Å². The predicted molar refractivity (Wildman–Crippen MR) is 75.8 cm³/mol. The Labute approximate surface area is 114 Å². The van der Waals surface area contributed by atoms with Gasteiger partial charge in [0.1, 0.15) is 12.1 Å². The fourth-order valence-corrected chi connectivity index (χ4v) is 1.79. The van der Waals surface area contributed by atoms with Crippen LogP contribution in [-0.4, -0.2) is 21.4 Å². The fourth-order valence-electron chi connectivity index (χ4n) is 1.79. The van der Waals surface area contributed by atoms with Gasteiger partial charge in [0.05, 0.1) is 12.3 Å². The Kier molecular flexibility index (Phi) is 4.95. The molecule has 0 amide bonds. The van der Waals surface area contributed by atoms with Crippen molar-refractivity contribution in [2.45, 2.75) is 39.5 Å². The van der Waals surface area contributed by atoms with E-state index in [-0.39, 0.29) is 0 Å². The minimum atomic E-state index is 0.754. The molecule has 1 heterocycles. The van der Waals surface area contributed by atoms with Gasteiger partial charge in [0.15, 0.2) is 5.82 Å². The lowest BCUT2D eigenvalue weighted by molar-refractivity contribution is 0.317. The third kappa shape index (κ3) is 3.81. The Morgan fingerprint density at radius 2 is 1.89 bits per heavy atom. The Morgan fingerprint density at radius 1 is 1.11 bits per heavy atom. The summed E-state index contributed by atoms with van der Waals surface area (Å²) >= 11 is 0. The maximum absolute atomic E-state index is 5.56. The van der Waals surface area contributed by atoms with Crippen LogP contribution in [0.2, 0.25) is 0 Å². The van der Waals surface area contributed by atoms with Crippen LogP contribution in [0.3, 0.4) is 0 Å². The molecule has 0 saturated carbocycles. The molecule has 0 bridgehead atoms. The van der Waals surface area contributed by atoms with Crippen molar-refractivity contribution < 1.29 is 4.74 Å². The number of hydrogen-bond donors (Lipinski definition) is 0. The first kappa shape index (κ1) is 13.6. The van der Waals surface area contributed by atoms with E-state index in [1.54, 1.807) is 6.33 Å². The summed E-state index contributed by atoms with van der Waals surface area (Å²) in [5.74, 6) is 1.81. The van der Waals surface area contributed by atoms with Crippen LogP contribution < -0.4 is 4.74 Å². The fraction of sp³-hybridized carbons (Fsp3) is 0.467. The van der Waals surface area contributed by atoms with E-state index in [1.165, 1.54) is 0 Å². The molecule has 0 radical (unpaired) electrons. The van der Waals surface area contributed by atoms with Crippen molar-refractivity contribution in [1.82, 2.24) is 14.8 Å². The zero-order valence-corrected chi connectivity index (χ0v) is 11.7. The van der Waals surface area contributed by atoms with Gasteiger partial charge in [0, 0.05) is 6.42 Å². The lowest BCUT2D eigenvalue weighted by Gasteiger charge is -2.05. The molecular weight excluding hydrogens is 238 g/mol. The van der Waals surface area contributed by atoms with E-state index in [1.807, 2.05) is 28.9 Å². The van der Waals surface area contributed by atoms with Gasteiger partial charge < -0.3 is 4.74 Å². The van der Waals surface area contributed by atoms with Gasteiger partial charge in [-0.15, -0.1) is 0 Å². The van der Waals surface area contributed by atoms with Crippen LogP contribution >= 0.6 is 0 Å². The van der Waals surface area contributed by atoms with Gasteiger partial charge in [-0.05, 0) is 37.1 Å². The first-order valence-electron chi connectivity index (χ1n) is 6.97. The normalized spacial score (nSPS) is 10.6. The molecule has 0 fully saturated rings. The first-order chi connectivity index (χ1) is 9.33. The summed E-state index contributed by atoms with van der Waals surface area (Å²) < 4.78 is 7.37. The number of unbranched alkanes of at least 4 members (excludes halogenated alkanes) is 1. The quantitative estimate of drug-likeness (QED) is 0.765. The summed E-state index contributed by atoms with van der Waals surface area (Å²) in [5, 5.41) is 4.47. The Hall–Kier alpha value is -1.84. The first-order valence-corrected chi connectivity index (χ1v) is 6.97. The molecular formula is C15H21N3O. The third-order valence-corrected chi connectivity index (χ3v) is 2.87. The van der Waals surface area contributed by atoms with Crippen LogP contribution in [0.5, 0.6) is 5.75 Å². The minimum absolute atomic E-state index is 0.754. The van der Waals surface area contributed by atoms with E-state index in [9.17, 15) is 0 Å². The number of rotatable bonds is 7. The van der Waals surface area contributed by atoms with Crippen molar-refractivity contribution in [2.75, 3.05) is 6.61 Å². The molecule has 0 spiro atoms.